The minimum absolute atomic E-state index is 0.229. The Balaban J connectivity index is 1.37. The van der Waals surface area contributed by atoms with Gasteiger partial charge in [-0.05, 0) is 48.4 Å². The molecule has 2 unspecified atom stereocenters. The Bertz CT molecular complexity index is 1570. The van der Waals surface area contributed by atoms with Crippen LogP contribution in [0.5, 0.6) is 0 Å². The van der Waals surface area contributed by atoms with Crippen LogP contribution in [0.4, 0.5) is 5.69 Å². The number of fused-ring (bicyclic) bond motifs is 3. The molecule has 190 valence electrons. The van der Waals surface area contributed by atoms with E-state index in [0.29, 0.717) is 11.3 Å². The standard InChI is InChI=1S/C31H33N3O3/c1-5-33-23-16-15-19-11-9-10-14-21(19)27(23)31(3,4)24(33)17-22-28(35)26(29(22)36)25-18(2)32-34(30(25)37)20-12-7-6-8-13-20/h6-17,22,26,28-29,32,35-36H,5H2,1-4H3/b24-17-. The molecule has 3 aromatic carbocycles. The Morgan fingerprint density at radius 1 is 0.973 bits per heavy atom. The summed E-state index contributed by atoms with van der Waals surface area (Å²) in [6.07, 6.45) is 0.328. The molecule has 37 heavy (non-hydrogen) atoms. The smallest absolute Gasteiger partial charge is 0.275 e. The number of anilines is 1. The van der Waals surface area contributed by atoms with Crippen LogP contribution in [0.1, 0.15) is 43.5 Å². The average molecular weight is 496 g/mol. The first-order chi connectivity index (χ1) is 17.8. The second-order valence-corrected chi connectivity index (χ2v) is 10.8. The zero-order valence-corrected chi connectivity index (χ0v) is 21.6. The predicted molar refractivity (Wildman–Crippen MR) is 147 cm³/mol. The molecule has 1 aromatic heterocycles. The fraction of sp³-hybridized carbons (Fsp3) is 0.323. The fourth-order valence-electron chi connectivity index (χ4n) is 6.55. The van der Waals surface area contributed by atoms with Crippen LogP contribution in [-0.2, 0) is 5.41 Å². The van der Waals surface area contributed by atoms with Crippen LogP contribution < -0.4 is 10.5 Å². The molecule has 2 aliphatic rings. The van der Waals surface area contributed by atoms with Gasteiger partial charge in [-0.15, -0.1) is 0 Å². The van der Waals surface area contributed by atoms with E-state index in [9.17, 15) is 15.0 Å². The summed E-state index contributed by atoms with van der Waals surface area (Å²) in [4.78, 5) is 15.6. The number of aliphatic hydroxyl groups is 2. The van der Waals surface area contributed by atoms with Crippen LogP contribution >= 0.6 is 0 Å². The highest BCUT2D eigenvalue weighted by atomic mass is 16.3. The Hall–Kier alpha value is -3.61. The van der Waals surface area contributed by atoms with E-state index >= 15 is 0 Å². The summed E-state index contributed by atoms with van der Waals surface area (Å²) in [6, 6.07) is 22.1. The highest BCUT2D eigenvalue weighted by Crippen LogP contribution is 2.52. The first kappa shape index (κ1) is 23.8. The number of aromatic nitrogens is 2. The van der Waals surface area contributed by atoms with E-state index in [4.69, 9.17) is 0 Å². The number of aryl methyl sites for hydroxylation is 1. The molecule has 6 nitrogen and oxygen atoms in total. The maximum atomic E-state index is 13.3. The first-order valence-corrected chi connectivity index (χ1v) is 13.0. The van der Waals surface area contributed by atoms with Gasteiger partial charge in [0.15, 0.2) is 0 Å². The number of para-hydroxylation sites is 1. The molecule has 2 atom stereocenters. The molecule has 4 aromatic rings. The maximum absolute atomic E-state index is 13.3. The number of benzene rings is 3. The monoisotopic (exact) mass is 495 g/mol. The van der Waals surface area contributed by atoms with E-state index in [1.807, 2.05) is 43.3 Å². The summed E-state index contributed by atoms with van der Waals surface area (Å²) in [6.45, 7) is 9.15. The highest BCUT2D eigenvalue weighted by molar-refractivity contribution is 5.94. The Labute approximate surface area is 216 Å². The molecule has 0 spiro atoms. The van der Waals surface area contributed by atoms with E-state index in [1.54, 1.807) is 0 Å². The topological polar surface area (TPSA) is 81.5 Å². The lowest BCUT2D eigenvalue weighted by Gasteiger charge is -2.45. The fourth-order valence-corrected chi connectivity index (χ4v) is 6.55. The number of likely N-dealkylation sites (N-methyl/N-ethyl adjacent to an activating group) is 1. The van der Waals surface area contributed by atoms with Gasteiger partial charge in [-0.3, -0.25) is 9.89 Å². The lowest BCUT2D eigenvalue weighted by molar-refractivity contribution is -0.0952. The molecule has 1 saturated carbocycles. The molecule has 0 radical (unpaired) electrons. The third-order valence-electron chi connectivity index (χ3n) is 8.41. The molecule has 0 saturated heterocycles. The summed E-state index contributed by atoms with van der Waals surface area (Å²) in [5.74, 6) is -1.11. The molecule has 2 heterocycles. The zero-order chi connectivity index (χ0) is 26.1. The quantitative estimate of drug-likeness (QED) is 0.381. The number of rotatable bonds is 4. The van der Waals surface area contributed by atoms with Crippen LogP contribution in [-0.4, -0.2) is 38.7 Å². The number of H-pyrrole nitrogens is 1. The molecule has 1 aliphatic carbocycles. The minimum atomic E-state index is -0.858. The SMILES string of the molecule is CCN1/C(=C\C2C(O)C(c3c(C)[nH]n(-c4ccccc4)c3=O)C2O)C(C)(C)c2c1ccc1ccccc21. The van der Waals surface area contributed by atoms with Crippen LogP contribution in [0.25, 0.3) is 16.5 Å². The first-order valence-electron chi connectivity index (χ1n) is 13.0. The second-order valence-electron chi connectivity index (χ2n) is 10.8. The van der Waals surface area contributed by atoms with Crippen molar-refractivity contribution in [2.24, 2.45) is 5.92 Å². The summed E-state index contributed by atoms with van der Waals surface area (Å²) in [7, 11) is 0. The third-order valence-corrected chi connectivity index (χ3v) is 8.41. The van der Waals surface area contributed by atoms with Gasteiger partial charge in [0.05, 0.1) is 17.9 Å². The maximum Gasteiger partial charge on any atom is 0.275 e. The lowest BCUT2D eigenvalue weighted by Crippen LogP contribution is -2.54. The van der Waals surface area contributed by atoms with Crippen molar-refractivity contribution in [1.82, 2.24) is 9.78 Å². The Morgan fingerprint density at radius 3 is 2.35 bits per heavy atom. The molecule has 6 rings (SSSR count). The summed E-state index contributed by atoms with van der Waals surface area (Å²) >= 11 is 0. The lowest BCUT2D eigenvalue weighted by atomic mass is 9.64. The Morgan fingerprint density at radius 2 is 1.65 bits per heavy atom. The molecule has 1 fully saturated rings. The van der Waals surface area contributed by atoms with Gasteiger partial charge in [0.25, 0.3) is 5.56 Å². The number of hydrogen-bond acceptors (Lipinski definition) is 4. The third kappa shape index (κ3) is 3.36. The van der Waals surface area contributed by atoms with E-state index in [-0.39, 0.29) is 11.0 Å². The van der Waals surface area contributed by atoms with E-state index in [2.05, 4.69) is 67.2 Å². The van der Waals surface area contributed by atoms with Gasteiger partial charge in [-0.1, -0.05) is 68.5 Å². The van der Waals surface area contributed by atoms with Crippen molar-refractivity contribution >= 4 is 16.5 Å². The molecule has 0 amide bonds. The second kappa shape index (κ2) is 8.47. The van der Waals surface area contributed by atoms with Crippen molar-refractivity contribution in [2.45, 2.75) is 51.2 Å². The van der Waals surface area contributed by atoms with Crippen LogP contribution in [0.3, 0.4) is 0 Å². The van der Waals surface area contributed by atoms with Gasteiger partial charge >= 0.3 is 0 Å². The van der Waals surface area contributed by atoms with Crippen LogP contribution in [0.15, 0.2) is 83.3 Å². The Kier molecular flexibility index (Phi) is 5.44. The normalized spacial score (nSPS) is 25.5. The van der Waals surface area contributed by atoms with Crippen molar-refractivity contribution in [3.8, 4) is 5.69 Å². The van der Waals surface area contributed by atoms with Gasteiger partial charge < -0.3 is 15.1 Å². The summed E-state index contributed by atoms with van der Waals surface area (Å²) in [5.41, 5.74) is 4.82. The molecule has 0 bridgehead atoms. The van der Waals surface area contributed by atoms with Gasteiger partial charge in [0.2, 0.25) is 0 Å². The molecule has 6 heteroatoms. The van der Waals surface area contributed by atoms with Crippen molar-refractivity contribution < 1.29 is 10.2 Å². The van der Waals surface area contributed by atoms with Gasteiger partial charge in [0, 0.05) is 46.4 Å². The number of aliphatic hydroxyl groups excluding tert-OH is 2. The van der Waals surface area contributed by atoms with Crippen molar-refractivity contribution in [3.63, 3.8) is 0 Å². The minimum Gasteiger partial charge on any atom is -0.392 e. The van der Waals surface area contributed by atoms with Gasteiger partial charge in [-0.25, -0.2) is 4.68 Å². The molecular formula is C31H33N3O3. The number of nitrogens with zero attached hydrogens (tertiary/aromatic N) is 2. The molecule has 3 N–H and O–H groups in total. The highest BCUT2D eigenvalue weighted by Gasteiger charge is 2.52. The van der Waals surface area contributed by atoms with Gasteiger partial charge in [-0.2, -0.15) is 0 Å². The predicted octanol–water partition coefficient (Wildman–Crippen LogP) is 4.76. The number of aromatic amines is 1. The van der Waals surface area contributed by atoms with Crippen LogP contribution in [0, 0.1) is 12.8 Å². The van der Waals surface area contributed by atoms with Crippen molar-refractivity contribution in [1.29, 1.82) is 0 Å². The van der Waals surface area contributed by atoms with Crippen molar-refractivity contribution in [3.05, 3.63) is 106 Å². The van der Waals surface area contributed by atoms with Gasteiger partial charge in [0.1, 0.15) is 0 Å². The van der Waals surface area contributed by atoms with E-state index in [0.717, 1.165) is 17.9 Å². The molecule has 1 aliphatic heterocycles. The number of allylic oxidation sites excluding steroid dienone is 1. The van der Waals surface area contributed by atoms with Crippen molar-refractivity contribution in [2.75, 3.05) is 11.4 Å². The van der Waals surface area contributed by atoms with E-state index < -0.39 is 24.0 Å². The zero-order valence-electron chi connectivity index (χ0n) is 21.6. The largest absolute Gasteiger partial charge is 0.392 e. The average Bonchev–Trinajstić information content (AvgIpc) is 3.32. The number of nitrogens with one attached hydrogen (secondary N) is 1. The number of hydrogen-bond donors (Lipinski definition) is 3. The summed E-state index contributed by atoms with van der Waals surface area (Å²) < 4.78 is 1.48. The molecular weight excluding hydrogens is 462 g/mol. The van der Waals surface area contributed by atoms with Crippen LogP contribution in [0.2, 0.25) is 0 Å². The summed E-state index contributed by atoms with van der Waals surface area (Å²) in [5, 5.41) is 28.2. The van der Waals surface area contributed by atoms with E-state index in [1.165, 1.54) is 26.7 Å².